The van der Waals surface area contributed by atoms with Crippen molar-refractivity contribution >= 4 is 67.5 Å². The molecule has 356 valence electrons. The highest BCUT2D eigenvalue weighted by molar-refractivity contribution is 7.90. The first-order valence-electron chi connectivity index (χ1n) is 20.4. The van der Waals surface area contributed by atoms with Crippen molar-refractivity contribution in [2.24, 2.45) is 11.8 Å². The number of hydrogen-bond acceptors (Lipinski definition) is 12. The van der Waals surface area contributed by atoms with E-state index in [9.17, 15) is 55.8 Å². The van der Waals surface area contributed by atoms with Gasteiger partial charge >= 0.3 is 0 Å². The fraction of sp³-hybridized carbons (Fsp3) is 0.571. The summed E-state index contributed by atoms with van der Waals surface area (Å²) >= 11 is 0. The molecule has 6 amide bonds. The minimum Gasteiger partial charge on any atom is -0.381 e. The number of amides is 6. The lowest BCUT2D eigenvalue weighted by Crippen LogP contribution is -2.53. The van der Waals surface area contributed by atoms with E-state index >= 15 is 0 Å². The lowest BCUT2D eigenvalue weighted by Gasteiger charge is -2.24. The van der Waals surface area contributed by atoms with Gasteiger partial charge in [-0.15, -0.1) is 12.4 Å². The Morgan fingerprint density at radius 3 is 1.10 bits per heavy atom. The van der Waals surface area contributed by atoms with Gasteiger partial charge in [0.05, 0.1) is 48.8 Å². The zero-order chi connectivity index (χ0) is 47.2. The van der Waals surface area contributed by atoms with E-state index in [1.54, 1.807) is 0 Å². The zero-order valence-electron chi connectivity index (χ0n) is 37.3. The standard InChI is InChI=1S/2C21H33N3O6S.ClH/c2*1-5-9-17(24-20(27)14(2)13-31(4,29)30)19(26)21(28)22-12-18(25)23-15(3)16-10-7-6-8-11-16;/h2*6-8,10-11,14-15,17,19,26H,5,9,12-13H2,1-4H3,(H,22,28)(H,23,25)(H,24,27);1H/t2*14?,15-,17?,19?;/m11./s1. The van der Waals surface area contributed by atoms with Gasteiger partial charge in [-0.1, -0.05) is 101 Å². The number of hydrogen-bond donors (Lipinski definition) is 8. The van der Waals surface area contributed by atoms with Crippen LogP contribution in [0.2, 0.25) is 0 Å². The maximum atomic E-state index is 12.3. The highest BCUT2D eigenvalue weighted by Gasteiger charge is 2.31. The molecular formula is C42H67ClN6O12S2. The van der Waals surface area contributed by atoms with E-state index in [0.717, 1.165) is 23.6 Å². The van der Waals surface area contributed by atoms with Crippen molar-refractivity contribution in [3.8, 4) is 0 Å². The molecule has 6 unspecified atom stereocenters. The predicted molar refractivity (Wildman–Crippen MR) is 243 cm³/mol. The van der Waals surface area contributed by atoms with E-state index in [4.69, 9.17) is 0 Å². The summed E-state index contributed by atoms with van der Waals surface area (Å²) in [5, 5.41) is 36.1. The molecule has 2 aromatic rings. The number of aliphatic hydroxyl groups excluding tert-OH is 2. The summed E-state index contributed by atoms with van der Waals surface area (Å²) in [6.07, 6.45) is 0.683. The Bertz CT molecular complexity index is 1840. The molecule has 8 N–H and O–H groups in total. The van der Waals surface area contributed by atoms with Crippen molar-refractivity contribution in [1.82, 2.24) is 31.9 Å². The van der Waals surface area contributed by atoms with E-state index in [1.165, 1.54) is 13.8 Å². The molecule has 0 saturated carbocycles. The van der Waals surface area contributed by atoms with Gasteiger partial charge < -0.3 is 42.1 Å². The molecule has 0 aliphatic rings. The second kappa shape index (κ2) is 28.9. The molecule has 0 radical (unpaired) electrons. The summed E-state index contributed by atoms with van der Waals surface area (Å²) in [7, 11) is -6.70. The molecule has 0 spiro atoms. The average Bonchev–Trinajstić information content (AvgIpc) is 3.20. The third-order valence-electron chi connectivity index (χ3n) is 9.36. The van der Waals surface area contributed by atoms with Crippen LogP contribution >= 0.6 is 12.4 Å². The highest BCUT2D eigenvalue weighted by atomic mass is 35.5. The quantitative estimate of drug-likeness (QED) is 0.0733. The number of halogens is 1. The summed E-state index contributed by atoms with van der Waals surface area (Å²) in [6, 6.07) is 16.3. The lowest BCUT2D eigenvalue weighted by molar-refractivity contribution is -0.135. The number of carbonyl (C=O) groups is 6. The Morgan fingerprint density at radius 1 is 0.524 bits per heavy atom. The number of benzene rings is 2. The van der Waals surface area contributed by atoms with Crippen LogP contribution in [0.25, 0.3) is 0 Å². The van der Waals surface area contributed by atoms with E-state index in [0.29, 0.717) is 25.7 Å². The van der Waals surface area contributed by atoms with Crippen molar-refractivity contribution < 1.29 is 55.8 Å². The maximum absolute atomic E-state index is 12.3. The van der Waals surface area contributed by atoms with Crippen LogP contribution in [0, 0.1) is 11.8 Å². The monoisotopic (exact) mass is 946 g/mol. The molecule has 21 heteroatoms. The molecule has 0 aliphatic carbocycles. The Labute approximate surface area is 378 Å². The molecule has 0 fully saturated rings. The molecule has 0 heterocycles. The molecule has 0 bridgehead atoms. The first-order valence-corrected chi connectivity index (χ1v) is 24.6. The van der Waals surface area contributed by atoms with Crippen LogP contribution in [0.15, 0.2) is 60.7 Å². The molecule has 2 aromatic carbocycles. The van der Waals surface area contributed by atoms with Crippen molar-refractivity contribution in [1.29, 1.82) is 0 Å². The van der Waals surface area contributed by atoms with Crippen LogP contribution < -0.4 is 31.9 Å². The summed E-state index contributed by atoms with van der Waals surface area (Å²) in [6.45, 7) is 9.54. The van der Waals surface area contributed by atoms with Gasteiger partial charge in [-0.3, -0.25) is 28.8 Å². The molecular weight excluding hydrogens is 880 g/mol. The highest BCUT2D eigenvalue weighted by Crippen LogP contribution is 2.13. The van der Waals surface area contributed by atoms with Crippen molar-refractivity contribution in [2.75, 3.05) is 37.1 Å². The SMILES string of the molecule is CCCC(NC(=O)C(C)CS(C)(=O)=O)C(O)C(=O)NCC(=O)N[C@H](C)c1ccccc1.CCCC(NC(=O)C(C)CS(C)(=O)=O)C(O)C(=O)NCC(=O)N[C@H](C)c1ccccc1.Cl. The van der Waals surface area contributed by atoms with Crippen LogP contribution in [0.3, 0.4) is 0 Å². The fourth-order valence-corrected chi connectivity index (χ4v) is 8.21. The number of carbonyl (C=O) groups excluding carboxylic acids is 6. The number of sulfone groups is 2. The first-order chi connectivity index (χ1) is 28.9. The molecule has 0 aromatic heterocycles. The zero-order valence-corrected chi connectivity index (χ0v) is 39.7. The van der Waals surface area contributed by atoms with Gasteiger partial charge in [0.1, 0.15) is 19.7 Å². The van der Waals surface area contributed by atoms with Crippen LogP contribution in [0.4, 0.5) is 0 Å². The Morgan fingerprint density at radius 2 is 0.825 bits per heavy atom. The van der Waals surface area contributed by atoms with Crippen molar-refractivity contribution in [3.05, 3.63) is 71.8 Å². The normalized spacial score (nSPS) is 15.0. The summed E-state index contributed by atoms with van der Waals surface area (Å²) in [5.74, 6) is -5.88. The van der Waals surface area contributed by atoms with E-state index in [2.05, 4.69) is 31.9 Å². The van der Waals surface area contributed by atoms with Crippen LogP contribution in [-0.4, -0.2) is 124 Å². The van der Waals surface area contributed by atoms with Crippen LogP contribution in [-0.2, 0) is 48.4 Å². The number of nitrogens with one attached hydrogen (secondary N) is 6. The molecule has 0 aliphatic heterocycles. The molecule has 0 saturated heterocycles. The summed E-state index contributed by atoms with van der Waals surface area (Å²) in [5.41, 5.74) is 1.83. The molecule has 63 heavy (non-hydrogen) atoms. The van der Waals surface area contributed by atoms with E-state index in [1.807, 2.05) is 88.4 Å². The smallest absolute Gasteiger partial charge is 0.251 e. The topological polar surface area (TPSA) is 283 Å². The molecule has 2 rings (SSSR count). The fourth-order valence-electron chi connectivity index (χ4n) is 6.09. The number of aliphatic hydroxyl groups is 2. The minimum atomic E-state index is -3.35. The largest absolute Gasteiger partial charge is 0.381 e. The van der Waals surface area contributed by atoms with Gasteiger partial charge in [-0.05, 0) is 37.8 Å². The maximum Gasteiger partial charge on any atom is 0.251 e. The van der Waals surface area contributed by atoms with Crippen molar-refractivity contribution in [2.45, 2.75) is 104 Å². The summed E-state index contributed by atoms with van der Waals surface area (Å²) in [4.78, 5) is 73.4. The lowest BCUT2D eigenvalue weighted by atomic mass is 10.0. The Balaban J connectivity index is 0.00000120. The van der Waals surface area contributed by atoms with Gasteiger partial charge in [-0.2, -0.15) is 0 Å². The van der Waals surface area contributed by atoms with Crippen molar-refractivity contribution in [3.63, 3.8) is 0 Å². The first kappa shape index (κ1) is 58.4. The Kier molecular flexibility index (Phi) is 26.8. The molecule has 8 atom stereocenters. The van der Waals surface area contributed by atoms with Gasteiger partial charge in [0.2, 0.25) is 23.6 Å². The Hall–Kier alpha value is -4.63. The molecule has 18 nitrogen and oxygen atoms in total. The van der Waals surface area contributed by atoms with Crippen LogP contribution in [0.5, 0.6) is 0 Å². The third kappa shape index (κ3) is 24.1. The van der Waals surface area contributed by atoms with Gasteiger partial charge in [-0.25, -0.2) is 16.8 Å². The number of rotatable bonds is 24. The average molecular weight is 948 g/mol. The second-order valence-corrected chi connectivity index (χ2v) is 19.9. The summed E-state index contributed by atoms with van der Waals surface area (Å²) < 4.78 is 45.5. The minimum absolute atomic E-state index is 0. The van der Waals surface area contributed by atoms with Gasteiger partial charge in [0.15, 0.2) is 12.2 Å². The third-order valence-corrected chi connectivity index (χ3v) is 11.6. The van der Waals surface area contributed by atoms with Gasteiger partial charge in [0, 0.05) is 24.3 Å². The van der Waals surface area contributed by atoms with E-state index in [-0.39, 0.29) is 49.1 Å². The second-order valence-electron chi connectivity index (χ2n) is 15.5. The van der Waals surface area contributed by atoms with E-state index < -0.39 is 91.2 Å². The van der Waals surface area contributed by atoms with Gasteiger partial charge in [0.25, 0.3) is 11.8 Å². The van der Waals surface area contributed by atoms with Crippen LogP contribution in [0.1, 0.15) is 90.4 Å². The predicted octanol–water partition coefficient (Wildman–Crippen LogP) is 1.03.